The molecule has 0 spiro atoms. The summed E-state index contributed by atoms with van der Waals surface area (Å²) in [5, 5.41) is 12.2. The van der Waals surface area contributed by atoms with Crippen molar-refractivity contribution in [1.29, 1.82) is 0 Å². The number of likely N-dealkylation sites (tertiary alicyclic amines) is 1. The van der Waals surface area contributed by atoms with Crippen LogP contribution in [-0.2, 0) is 4.74 Å². The van der Waals surface area contributed by atoms with Crippen LogP contribution in [0.1, 0.15) is 39.0 Å². The van der Waals surface area contributed by atoms with Gasteiger partial charge in [0.2, 0.25) is 0 Å². The Bertz CT molecular complexity index is 262. The number of nitrogens with zero attached hydrogens (tertiary/aromatic N) is 2. The van der Waals surface area contributed by atoms with E-state index < -0.39 is 0 Å². The average Bonchev–Trinajstić information content (AvgIpc) is 2.82. The van der Waals surface area contributed by atoms with Crippen LogP contribution in [0.2, 0.25) is 0 Å². The van der Waals surface area contributed by atoms with E-state index in [4.69, 9.17) is 9.94 Å². The molecule has 0 radical (unpaired) electrons. The predicted molar refractivity (Wildman–Crippen MR) is 67.7 cm³/mol. The van der Waals surface area contributed by atoms with Crippen LogP contribution in [0.4, 0.5) is 0 Å². The maximum absolute atomic E-state index is 8.82. The van der Waals surface area contributed by atoms with Crippen LogP contribution in [0, 0.1) is 5.92 Å². The normalized spacial score (nSPS) is 33.4. The van der Waals surface area contributed by atoms with E-state index >= 15 is 0 Å². The smallest absolute Gasteiger partial charge is 0.0624 e. The summed E-state index contributed by atoms with van der Waals surface area (Å²) in [6.07, 6.45) is 6.35. The maximum atomic E-state index is 8.82. The van der Waals surface area contributed by atoms with Crippen LogP contribution in [0.3, 0.4) is 0 Å². The number of rotatable bonds is 4. The van der Waals surface area contributed by atoms with Gasteiger partial charge in [-0.15, -0.1) is 0 Å². The summed E-state index contributed by atoms with van der Waals surface area (Å²) < 4.78 is 5.63. The Balaban J connectivity index is 1.63. The minimum atomic E-state index is 0.400. The van der Waals surface area contributed by atoms with Gasteiger partial charge in [-0.1, -0.05) is 12.1 Å². The van der Waals surface area contributed by atoms with Crippen molar-refractivity contribution < 1.29 is 9.94 Å². The van der Waals surface area contributed by atoms with Gasteiger partial charge in [-0.2, -0.15) is 0 Å². The fourth-order valence-corrected chi connectivity index (χ4v) is 2.87. The maximum Gasteiger partial charge on any atom is 0.0624 e. The molecule has 2 heterocycles. The molecule has 17 heavy (non-hydrogen) atoms. The van der Waals surface area contributed by atoms with E-state index in [-0.39, 0.29) is 0 Å². The predicted octanol–water partition coefficient (Wildman–Crippen LogP) is 2.12. The van der Waals surface area contributed by atoms with E-state index in [9.17, 15) is 0 Å². The lowest BCUT2D eigenvalue weighted by Crippen LogP contribution is -2.40. The van der Waals surface area contributed by atoms with Crippen molar-refractivity contribution in [2.75, 3.05) is 26.2 Å². The fraction of sp³-hybridized carbons (Fsp3) is 0.923. The standard InChI is InChI=1S/C13H24N2O2/c1-11-10-15(8-6-13(11)14-16)7-2-4-12-5-3-9-17-12/h11-12,16H,2-10H2,1H3. The van der Waals surface area contributed by atoms with Crippen molar-refractivity contribution in [3.8, 4) is 0 Å². The molecule has 2 aliphatic rings. The Morgan fingerprint density at radius 1 is 1.53 bits per heavy atom. The SMILES string of the molecule is CC1CN(CCCC2CCCO2)CCC1=NO. The molecule has 4 nitrogen and oxygen atoms in total. The molecular formula is C13H24N2O2. The number of piperidine rings is 1. The van der Waals surface area contributed by atoms with Gasteiger partial charge in [-0.3, -0.25) is 0 Å². The lowest BCUT2D eigenvalue weighted by molar-refractivity contribution is 0.0979. The molecule has 0 aromatic heterocycles. The molecule has 2 unspecified atom stereocenters. The monoisotopic (exact) mass is 240 g/mol. The van der Waals surface area contributed by atoms with Crippen LogP contribution >= 0.6 is 0 Å². The molecule has 1 N–H and O–H groups in total. The van der Waals surface area contributed by atoms with Crippen LogP contribution in [-0.4, -0.2) is 48.2 Å². The average molecular weight is 240 g/mol. The van der Waals surface area contributed by atoms with E-state index in [1.165, 1.54) is 25.7 Å². The van der Waals surface area contributed by atoms with Gasteiger partial charge in [-0.05, 0) is 32.2 Å². The fourth-order valence-electron chi connectivity index (χ4n) is 2.87. The molecule has 4 heteroatoms. The summed E-state index contributed by atoms with van der Waals surface area (Å²) in [4.78, 5) is 2.48. The van der Waals surface area contributed by atoms with Gasteiger partial charge in [0.1, 0.15) is 0 Å². The third-order valence-electron chi connectivity index (χ3n) is 3.94. The highest BCUT2D eigenvalue weighted by Gasteiger charge is 2.22. The van der Waals surface area contributed by atoms with Crippen molar-refractivity contribution >= 4 is 5.71 Å². The van der Waals surface area contributed by atoms with Crippen LogP contribution < -0.4 is 0 Å². The number of ether oxygens (including phenoxy) is 1. The Morgan fingerprint density at radius 2 is 2.41 bits per heavy atom. The highest BCUT2D eigenvalue weighted by molar-refractivity contribution is 5.86. The van der Waals surface area contributed by atoms with Crippen molar-refractivity contribution in [3.63, 3.8) is 0 Å². The van der Waals surface area contributed by atoms with Gasteiger partial charge in [0.05, 0.1) is 11.8 Å². The first kappa shape index (κ1) is 12.8. The van der Waals surface area contributed by atoms with Gasteiger partial charge in [-0.25, -0.2) is 0 Å². The van der Waals surface area contributed by atoms with E-state index in [2.05, 4.69) is 17.0 Å². The quantitative estimate of drug-likeness (QED) is 0.604. The molecule has 0 saturated carbocycles. The lowest BCUT2D eigenvalue weighted by atomic mass is 9.97. The molecular weight excluding hydrogens is 216 g/mol. The minimum absolute atomic E-state index is 0.400. The zero-order valence-electron chi connectivity index (χ0n) is 10.8. The molecule has 2 fully saturated rings. The van der Waals surface area contributed by atoms with Gasteiger partial charge < -0.3 is 14.8 Å². The second-order valence-corrected chi connectivity index (χ2v) is 5.32. The molecule has 2 saturated heterocycles. The first-order valence-electron chi connectivity index (χ1n) is 6.84. The van der Waals surface area contributed by atoms with E-state index in [1.54, 1.807) is 0 Å². The molecule has 0 aliphatic carbocycles. The first-order valence-corrected chi connectivity index (χ1v) is 6.84. The van der Waals surface area contributed by atoms with Crippen molar-refractivity contribution in [2.45, 2.75) is 45.1 Å². The minimum Gasteiger partial charge on any atom is -0.411 e. The Morgan fingerprint density at radius 3 is 3.06 bits per heavy atom. The van der Waals surface area contributed by atoms with Gasteiger partial charge >= 0.3 is 0 Å². The zero-order chi connectivity index (χ0) is 12.1. The highest BCUT2D eigenvalue weighted by Crippen LogP contribution is 2.18. The molecule has 2 aliphatic heterocycles. The second-order valence-electron chi connectivity index (χ2n) is 5.32. The number of hydrogen-bond donors (Lipinski definition) is 1. The van der Waals surface area contributed by atoms with E-state index in [1.807, 2.05) is 0 Å². The zero-order valence-corrected chi connectivity index (χ0v) is 10.8. The summed E-state index contributed by atoms with van der Waals surface area (Å²) in [5.41, 5.74) is 0.959. The topological polar surface area (TPSA) is 45.1 Å². The van der Waals surface area contributed by atoms with E-state index in [0.717, 1.165) is 38.4 Å². The van der Waals surface area contributed by atoms with Crippen molar-refractivity contribution in [1.82, 2.24) is 4.90 Å². The molecule has 0 bridgehead atoms. The molecule has 0 aromatic carbocycles. The van der Waals surface area contributed by atoms with Gasteiger partial charge in [0.15, 0.2) is 0 Å². The van der Waals surface area contributed by atoms with Crippen LogP contribution in [0.25, 0.3) is 0 Å². The Kier molecular flexibility index (Phi) is 4.80. The third-order valence-corrected chi connectivity index (χ3v) is 3.94. The number of oxime groups is 1. The summed E-state index contributed by atoms with van der Waals surface area (Å²) in [6.45, 7) is 6.33. The Labute approximate surface area is 104 Å². The Hall–Kier alpha value is -0.610. The van der Waals surface area contributed by atoms with Gasteiger partial charge in [0, 0.05) is 32.0 Å². The van der Waals surface area contributed by atoms with Crippen molar-refractivity contribution in [3.05, 3.63) is 0 Å². The molecule has 98 valence electrons. The second kappa shape index (κ2) is 6.36. The summed E-state index contributed by atoms with van der Waals surface area (Å²) in [5.74, 6) is 0.400. The molecule has 2 rings (SSSR count). The summed E-state index contributed by atoms with van der Waals surface area (Å²) >= 11 is 0. The first-order chi connectivity index (χ1) is 8.29. The van der Waals surface area contributed by atoms with Crippen LogP contribution in [0.15, 0.2) is 5.16 Å². The third kappa shape index (κ3) is 3.68. The highest BCUT2D eigenvalue weighted by atomic mass is 16.5. The largest absolute Gasteiger partial charge is 0.411 e. The van der Waals surface area contributed by atoms with Crippen molar-refractivity contribution in [2.24, 2.45) is 11.1 Å². The summed E-state index contributed by atoms with van der Waals surface area (Å²) in [6, 6.07) is 0. The molecule has 0 aromatic rings. The molecule has 0 amide bonds. The van der Waals surface area contributed by atoms with Gasteiger partial charge in [0.25, 0.3) is 0 Å². The number of hydrogen-bond acceptors (Lipinski definition) is 4. The summed E-state index contributed by atoms with van der Waals surface area (Å²) in [7, 11) is 0. The van der Waals surface area contributed by atoms with Crippen LogP contribution in [0.5, 0.6) is 0 Å². The molecule has 2 atom stereocenters. The van der Waals surface area contributed by atoms with E-state index in [0.29, 0.717) is 12.0 Å². The lowest BCUT2D eigenvalue weighted by Gasteiger charge is -2.31.